The molecule has 0 unspecified atom stereocenters. The van der Waals surface area contributed by atoms with Crippen LogP contribution in [0.15, 0.2) is 59.1 Å². The molecular weight excluding hydrogens is 365 g/mol. The first-order valence-electron chi connectivity index (χ1n) is 8.49. The molecule has 0 radical (unpaired) electrons. The first-order chi connectivity index (χ1) is 13.6. The SMILES string of the molecule is COc1ccc(-c2cnc(CCC(=O)NNC(=O)c3ccccc3F)o2)cc1. The van der Waals surface area contributed by atoms with Crippen molar-refractivity contribution in [1.29, 1.82) is 0 Å². The van der Waals surface area contributed by atoms with Crippen molar-refractivity contribution in [3.8, 4) is 17.1 Å². The molecule has 7 nitrogen and oxygen atoms in total. The Kier molecular flexibility index (Phi) is 6.01. The molecule has 1 aromatic heterocycles. The molecule has 8 heteroatoms. The number of amides is 2. The number of hydrogen-bond donors (Lipinski definition) is 2. The van der Waals surface area contributed by atoms with Crippen molar-refractivity contribution in [2.24, 2.45) is 0 Å². The number of hydrazine groups is 1. The van der Waals surface area contributed by atoms with Crippen LogP contribution in [0.1, 0.15) is 22.7 Å². The molecule has 0 atom stereocenters. The lowest BCUT2D eigenvalue weighted by Gasteiger charge is -2.07. The molecule has 0 saturated heterocycles. The third-order valence-corrected chi connectivity index (χ3v) is 3.93. The Morgan fingerprint density at radius 3 is 2.57 bits per heavy atom. The van der Waals surface area contributed by atoms with Crippen molar-refractivity contribution in [2.45, 2.75) is 12.8 Å². The Morgan fingerprint density at radius 1 is 1.11 bits per heavy atom. The molecular formula is C20H18FN3O4. The Hall–Kier alpha value is -3.68. The minimum atomic E-state index is -0.732. The summed E-state index contributed by atoms with van der Waals surface area (Å²) in [5.41, 5.74) is 5.10. The fourth-order valence-electron chi connectivity index (χ4n) is 2.44. The third-order valence-electron chi connectivity index (χ3n) is 3.93. The number of halogens is 1. The highest BCUT2D eigenvalue weighted by Gasteiger charge is 2.13. The number of carbonyl (C=O) groups is 2. The molecule has 28 heavy (non-hydrogen) atoms. The fraction of sp³-hybridized carbons (Fsp3) is 0.150. The van der Waals surface area contributed by atoms with Gasteiger partial charge in [-0.15, -0.1) is 0 Å². The van der Waals surface area contributed by atoms with E-state index in [2.05, 4.69) is 15.8 Å². The molecule has 0 bridgehead atoms. The van der Waals surface area contributed by atoms with Crippen LogP contribution in [-0.4, -0.2) is 23.9 Å². The van der Waals surface area contributed by atoms with Crippen molar-refractivity contribution in [1.82, 2.24) is 15.8 Å². The Bertz CT molecular complexity index is 970. The highest BCUT2D eigenvalue weighted by atomic mass is 19.1. The topological polar surface area (TPSA) is 93.5 Å². The van der Waals surface area contributed by atoms with Gasteiger partial charge in [0.05, 0.1) is 18.9 Å². The summed E-state index contributed by atoms with van der Waals surface area (Å²) in [4.78, 5) is 27.9. The lowest BCUT2D eigenvalue weighted by Crippen LogP contribution is -2.42. The highest BCUT2D eigenvalue weighted by Crippen LogP contribution is 2.23. The van der Waals surface area contributed by atoms with Gasteiger partial charge in [0, 0.05) is 18.4 Å². The summed E-state index contributed by atoms with van der Waals surface area (Å²) >= 11 is 0. The van der Waals surface area contributed by atoms with Crippen LogP contribution in [0.4, 0.5) is 4.39 Å². The van der Waals surface area contributed by atoms with Crippen molar-refractivity contribution in [2.75, 3.05) is 7.11 Å². The molecule has 0 saturated carbocycles. The zero-order valence-electron chi connectivity index (χ0n) is 15.1. The van der Waals surface area contributed by atoms with Gasteiger partial charge < -0.3 is 9.15 Å². The number of aromatic nitrogens is 1. The van der Waals surface area contributed by atoms with E-state index in [1.807, 2.05) is 24.3 Å². The maximum absolute atomic E-state index is 13.5. The van der Waals surface area contributed by atoms with Crippen molar-refractivity contribution in [3.05, 3.63) is 72.0 Å². The van der Waals surface area contributed by atoms with Crippen LogP contribution in [-0.2, 0) is 11.2 Å². The summed E-state index contributed by atoms with van der Waals surface area (Å²) in [6.45, 7) is 0. The average molecular weight is 383 g/mol. The van der Waals surface area contributed by atoms with Crippen LogP contribution >= 0.6 is 0 Å². The second-order valence-electron chi connectivity index (χ2n) is 5.83. The van der Waals surface area contributed by atoms with Gasteiger partial charge in [0.15, 0.2) is 11.7 Å². The predicted octanol–water partition coefficient (Wildman–Crippen LogP) is 2.88. The highest BCUT2D eigenvalue weighted by molar-refractivity contribution is 5.95. The third kappa shape index (κ3) is 4.73. The van der Waals surface area contributed by atoms with E-state index in [0.717, 1.165) is 11.3 Å². The van der Waals surface area contributed by atoms with Crippen molar-refractivity contribution >= 4 is 11.8 Å². The standard InChI is InChI=1S/C20H18FN3O4/c1-27-14-8-6-13(7-9-14)17-12-22-19(28-17)11-10-18(25)23-24-20(26)15-4-2-3-5-16(15)21/h2-9,12H,10-11H2,1H3,(H,23,25)(H,24,26). The van der Waals surface area contributed by atoms with Gasteiger partial charge in [0.25, 0.3) is 5.91 Å². The Labute approximate surface area is 160 Å². The first kappa shape index (κ1) is 19.1. The molecule has 144 valence electrons. The lowest BCUT2D eigenvalue weighted by atomic mass is 10.2. The van der Waals surface area contributed by atoms with Gasteiger partial charge in [-0.05, 0) is 36.4 Å². The number of benzene rings is 2. The number of methoxy groups -OCH3 is 1. The lowest BCUT2D eigenvalue weighted by molar-refractivity contribution is -0.121. The van der Waals surface area contributed by atoms with Gasteiger partial charge in [0.1, 0.15) is 11.6 Å². The van der Waals surface area contributed by atoms with E-state index in [-0.39, 0.29) is 18.4 Å². The summed E-state index contributed by atoms with van der Waals surface area (Å²) in [6.07, 6.45) is 1.87. The molecule has 0 fully saturated rings. The number of carbonyl (C=O) groups excluding carboxylic acids is 2. The molecule has 0 aliphatic carbocycles. The van der Waals surface area contributed by atoms with Gasteiger partial charge in [-0.1, -0.05) is 12.1 Å². The minimum Gasteiger partial charge on any atom is -0.497 e. The minimum absolute atomic E-state index is 0.0418. The number of oxazole rings is 1. The number of aryl methyl sites for hydroxylation is 1. The maximum atomic E-state index is 13.5. The van der Waals surface area contributed by atoms with Crippen LogP contribution in [0.2, 0.25) is 0 Å². The van der Waals surface area contributed by atoms with E-state index in [1.165, 1.54) is 24.3 Å². The fourth-order valence-corrected chi connectivity index (χ4v) is 2.44. The van der Waals surface area contributed by atoms with Crippen LogP contribution < -0.4 is 15.6 Å². The molecule has 2 N–H and O–H groups in total. The summed E-state index contributed by atoms with van der Waals surface area (Å²) in [5, 5.41) is 0. The van der Waals surface area contributed by atoms with E-state index >= 15 is 0 Å². The molecule has 3 rings (SSSR count). The summed E-state index contributed by atoms with van der Waals surface area (Å²) in [7, 11) is 1.59. The zero-order valence-corrected chi connectivity index (χ0v) is 15.1. The van der Waals surface area contributed by atoms with Gasteiger partial charge in [-0.3, -0.25) is 20.4 Å². The Balaban J connectivity index is 1.49. The predicted molar refractivity (Wildman–Crippen MR) is 98.8 cm³/mol. The quantitative estimate of drug-likeness (QED) is 0.639. The molecule has 0 aliphatic heterocycles. The van der Waals surface area contributed by atoms with Gasteiger partial charge in [0.2, 0.25) is 5.91 Å². The second-order valence-corrected chi connectivity index (χ2v) is 5.83. The van der Waals surface area contributed by atoms with Crippen LogP contribution in [0.5, 0.6) is 5.75 Å². The average Bonchev–Trinajstić information content (AvgIpc) is 3.20. The smallest absolute Gasteiger partial charge is 0.272 e. The monoisotopic (exact) mass is 383 g/mol. The van der Waals surface area contributed by atoms with E-state index in [4.69, 9.17) is 9.15 Å². The van der Waals surface area contributed by atoms with Gasteiger partial charge >= 0.3 is 0 Å². The Morgan fingerprint density at radius 2 is 1.86 bits per heavy atom. The first-order valence-corrected chi connectivity index (χ1v) is 8.49. The van der Waals surface area contributed by atoms with E-state index in [0.29, 0.717) is 11.7 Å². The van der Waals surface area contributed by atoms with Gasteiger partial charge in [-0.25, -0.2) is 9.37 Å². The number of hydrogen-bond acceptors (Lipinski definition) is 5. The summed E-state index contributed by atoms with van der Waals surface area (Å²) < 4.78 is 24.3. The molecule has 3 aromatic rings. The number of rotatable bonds is 6. The van der Waals surface area contributed by atoms with Crippen LogP contribution in [0.3, 0.4) is 0 Å². The largest absolute Gasteiger partial charge is 0.497 e. The van der Waals surface area contributed by atoms with E-state index in [1.54, 1.807) is 13.3 Å². The van der Waals surface area contributed by atoms with Crippen LogP contribution in [0, 0.1) is 5.82 Å². The maximum Gasteiger partial charge on any atom is 0.272 e. The number of ether oxygens (including phenoxy) is 1. The summed E-state index contributed by atoms with van der Waals surface area (Å²) in [5.74, 6) is -0.150. The second kappa shape index (κ2) is 8.81. The zero-order chi connectivity index (χ0) is 19.9. The van der Waals surface area contributed by atoms with Crippen molar-refractivity contribution in [3.63, 3.8) is 0 Å². The molecule has 0 spiro atoms. The molecule has 2 aromatic carbocycles. The van der Waals surface area contributed by atoms with E-state index in [9.17, 15) is 14.0 Å². The normalized spacial score (nSPS) is 10.4. The van der Waals surface area contributed by atoms with Gasteiger partial charge in [-0.2, -0.15) is 0 Å². The van der Waals surface area contributed by atoms with Crippen molar-refractivity contribution < 1.29 is 23.1 Å². The summed E-state index contributed by atoms with van der Waals surface area (Å²) in [6, 6.07) is 12.8. The van der Waals surface area contributed by atoms with E-state index < -0.39 is 17.6 Å². The number of nitrogens with zero attached hydrogens (tertiary/aromatic N) is 1. The number of nitrogens with one attached hydrogen (secondary N) is 2. The molecule has 1 heterocycles. The van der Waals surface area contributed by atoms with Crippen LogP contribution in [0.25, 0.3) is 11.3 Å². The molecule has 0 aliphatic rings. The molecule has 2 amide bonds.